The van der Waals surface area contributed by atoms with Crippen molar-refractivity contribution in [2.45, 2.75) is 66.4 Å². The van der Waals surface area contributed by atoms with E-state index in [1.54, 1.807) is 187 Å². The molecular formula is C72H72ClF3N7O9-. The van der Waals surface area contributed by atoms with Gasteiger partial charge in [-0.2, -0.15) is 0 Å². The van der Waals surface area contributed by atoms with Crippen molar-refractivity contribution < 1.29 is 68.5 Å². The summed E-state index contributed by atoms with van der Waals surface area (Å²) in [5.74, 6) is 1.33. The van der Waals surface area contributed by atoms with Crippen LogP contribution in [0.4, 0.5) is 40.2 Å². The zero-order valence-electron chi connectivity index (χ0n) is 53.2. The predicted octanol–water partition coefficient (Wildman–Crippen LogP) is 12.0. The van der Waals surface area contributed by atoms with E-state index < -0.39 is 29.4 Å². The molecule has 9 rings (SSSR count). The number of nitrogens with two attached hydrogens (primary N) is 1. The van der Waals surface area contributed by atoms with E-state index in [1.807, 2.05) is 12.1 Å². The van der Waals surface area contributed by atoms with Gasteiger partial charge in [0, 0.05) is 75.7 Å². The van der Waals surface area contributed by atoms with Crippen LogP contribution < -0.4 is 47.5 Å². The molecule has 3 heterocycles. The maximum Gasteiger partial charge on any atom is 0.415 e. The molecule has 20 heteroatoms. The Kier molecular flexibility index (Phi) is 24.5. The van der Waals surface area contributed by atoms with Crippen LogP contribution in [0.5, 0.6) is 17.2 Å². The Bertz CT molecular complexity index is 4110. The van der Waals surface area contributed by atoms with Gasteiger partial charge in [-0.15, -0.1) is 0 Å². The first-order valence-electron chi connectivity index (χ1n) is 28.8. The highest BCUT2D eigenvalue weighted by Crippen LogP contribution is 2.39. The summed E-state index contributed by atoms with van der Waals surface area (Å²) < 4.78 is 68.0. The number of anilines is 3. The molecule has 6 aromatic carbocycles. The van der Waals surface area contributed by atoms with Gasteiger partial charge in [0.15, 0.2) is 17.3 Å². The van der Waals surface area contributed by atoms with E-state index in [2.05, 4.69) is 20.3 Å². The van der Waals surface area contributed by atoms with Gasteiger partial charge in [-0.3, -0.25) is 24.2 Å². The Labute approximate surface area is 540 Å². The van der Waals surface area contributed by atoms with E-state index in [9.17, 15) is 24.0 Å². The van der Waals surface area contributed by atoms with Crippen LogP contribution in [-0.4, -0.2) is 92.5 Å². The molecule has 3 aromatic heterocycles. The van der Waals surface area contributed by atoms with E-state index in [4.69, 9.17) is 24.7 Å². The number of benzene rings is 6. The molecule has 0 fully saturated rings. The fourth-order valence-electron chi connectivity index (χ4n) is 9.53. The second kappa shape index (κ2) is 31.9. The SMILES string of the molecule is CNc1ccc(Cc2ccc(OC)c(-c3cccc(C(C)=O)c3)c2F)cn1.COc1ccc(Cc2ccc(N(C)C(=O)OC(C)(C)C)nc2)c(F)c1-c1cccc(C(C)=O)c1.COc1ccc(Cc2ccc(N(C)C(N)=O)nc2)c(F)c1-c1cccc(C(C)=O)c1.[Cl-]. The molecule has 3 amide bonds. The van der Waals surface area contributed by atoms with Gasteiger partial charge in [0.1, 0.15) is 57.8 Å². The summed E-state index contributed by atoms with van der Waals surface area (Å²) >= 11 is 0. The summed E-state index contributed by atoms with van der Waals surface area (Å²) in [6.07, 6.45) is 5.40. The monoisotopic (exact) mass is 1270 g/mol. The van der Waals surface area contributed by atoms with Crippen LogP contribution in [0.25, 0.3) is 33.4 Å². The summed E-state index contributed by atoms with van der Waals surface area (Å²) in [4.78, 5) is 74.1. The lowest BCUT2D eigenvalue weighted by Gasteiger charge is -2.24. The molecule has 9 aromatic rings. The highest BCUT2D eigenvalue weighted by Gasteiger charge is 2.24. The van der Waals surface area contributed by atoms with Gasteiger partial charge in [-0.05, 0) is 146 Å². The number of carbonyl (C=O) groups is 5. The maximum absolute atomic E-state index is 15.6. The first-order chi connectivity index (χ1) is 43.3. The third-order valence-electron chi connectivity index (χ3n) is 14.5. The number of nitrogens with zero attached hydrogens (tertiary/aromatic N) is 5. The maximum atomic E-state index is 15.6. The molecule has 0 saturated carbocycles. The normalized spacial score (nSPS) is 10.6. The van der Waals surface area contributed by atoms with Crippen molar-refractivity contribution in [1.29, 1.82) is 0 Å². The van der Waals surface area contributed by atoms with E-state index in [-0.39, 0.29) is 35.6 Å². The van der Waals surface area contributed by atoms with E-state index >= 15 is 13.2 Å². The lowest BCUT2D eigenvalue weighted by atomic mass is 9.96. The average Bonchev–Trinajstić information content (AvgIpc) is 0.850. The van der Waals surface area contributed by atoms with Crippen molar-refractivity contribution in [2.24, 2.45) is 5.73 Å². The van der Waals surface area contributed by atoms with E-state index in [0.29, 0.717) is 115 Å². The number of Topliss-reactive ketones (excluding diaryl/α,β-unsaturated/α-hetero) is 3. The van der Waals surface area contributed by atoms with Crippen molar-refractivity contribution in [3.05, 3.63) is 232 Å². The molecule has 0 radical (unpaired) electrons. The smallest absolute Gasteiger partial charge is 0.415 e. The highest BCUT2D eigenvalue weighted by atomic mass is 35.5. The van der Waals surface area contributed by atoms with Crippen LogP contribution >= 0.6 is 0 Å². The van der Waals surface area contributed by atoms with Crippen LogP contribution in [0.3, 0.4) is 0 Å². The van der Waals surface area contributed by atoms with Gasteiger partial charge in [-0.25, -0.2) is 37.7 Å². The fraction of sp³-hybridized carbons (Fsp3) is 0.222. The number of urea groups is 1. The Morgan fingerprint density at radius 3 is 1.10 bits per heavy atom. The molecule has 478 valence electrons. The van der Waals surface area contributed by atoms with Crippen molar-refractivity contribution in [1.82, 2.24) is 15.0 Å². The lowest BCUT2D eigenvalue weighted by molar-refractivity contribution is -0.0000637. The van der Waals surface area contributed by atoms with E-state index in [0.717, 1.165) is 22.5 Å². The molecule has 0 aliphatic heterocycles. The zero-order valence-corrected chi connectivity index (χ0v) is 54.0. The van der Waals surface area contributed by atoms with Crippen LogP contribution in [-0.2, 0) is 24.0 Å². The third-order valence-corrected chi connectivity index (χ3v) is 14.5. The molecule has 0 unspecified atom stereocenters. The average molecular weight is 1270 g/mol. The van der Waals surface area contributed by atoms with Gasteiger partial charge >= 0.3 is 12.1 Å². The minimum atomic E-state index is -0.617. The third kappa shape index (κ3) is 17.9. The Morgan fingerprint density at radius 1 is 0.489 bits per heavy atom. The summed E-state index contributed by atoms with van der Waals surface area (Å²) in [7, 11) is 9.37. The molecule has 0 atom stereocenters. The number of primary amides is 1. The first kappa shape index (κ1) is 70.7. The molecule has 0 spiro atoms. The van der Waals surface area contributed by atoms with Crippen LogP contribution in [0, 0.1) is 17.5 Å². The van der Waals surface area contributed by atoms with Crippen molar-refractivity contribution >= 4 is 46.9 Å². The quantitative estimate of drug-likeness (QED) is 0.0768. The van der Waals surface area contributed by atoms with Gasteiger partial charge in [0.05, 0.1) is 38.0 Å². The number of rotatable bonds is 18. The molecule has 92 heavy (non-hydrogen) atoms. The zero-order chi connectivity index (χ0) is 66.3. The summed E-state index contributed by atoms with van der Waals surface area (Å²) in [5.41, 5.74) is 12.8. The van der Waals surface area contributed by atoms with Gasteiger partial charge in [-0.1, -0.05) is 91.0 Å². The number of ketones is 3. The first-order valence-corrected chi connectivity index (χ1v) is 28.8. The Hall–Kier alpha value is -10.4. The minimum absolute atomic E-state index is 0. The number of ether oxygens (including phenoxy) is 4. The topological polar surface area (TPSA) is 205 Å². The largest absolute Gasteiger partial charge is 1.00 e. The number of hydrogen-bond acceptors (Lipinski definition) is 13. The Balaban J connectivity index is 0.000000219. The number of carbonyl (C=O) groups excluding carboxylic acids is 5. The molecule has 0 bridgehead atoms. The summed E-state index contributed by atoms with van der Waals surface area (Å²) in [5, 5.41) is 2.96. The standard InChI is InChI=1S/C27H29FN2O4.C23H22FN3O3.C22H21FN2O2.ClH/c1-17(31)19-8-7-9-20(15-19)24-22(33-6)12-11-21(25(24)28)14-18-10-13-23(29-16-18)30(5)26(32)34-27(2,3)4;1-14(28)16-5-4-6-17(12-16)21-19(30-3)9-8-18(22(21)24)11-15-7-10-20(26-13-15)27(2)23(25)29;1-14(26)16-5-4-6-17(12-16)21-19(27-3)9-8-18(22(21)23)11-15-7-10-20(24-2)25-13-15;/h7-13,15-16H,14H2,1-6H3;4-10,12-13H,11H2,1-3H3,(H2,25,29);4-10,12-13H,11H2,1-3H3,(H,24,25);1H/p-1. The number of pyridine rings is 3. The number of aromatic nitrogens is 3. The number of hydrogen-bond donors (Lipinski definition) is 2. The molecule has 16 nitrogen and oxygen atoms in total. The number of nitrogens with one attached hydrogen (secondary N) is 1. The van der Waals surface area contributed by atoms with Crippen molar-refractivity contribution in [3.63, 3.8) is 0 Å². The van der Waals surface area contributed by atoms with Crippen molar-refractivity contribution in [3.8, 4) is 50.6 Å². The molecule has 0 aliphatic rings. The second-order valence-corrected chi connectivity index (χ2v) is 22.1. The van der Waals surface area contributed by atoms with Gasteiger partial charge in [0.25, 0.3) is 0 Å². The molecular weight excluding hydrogens is 1200 g/mol. The molecule has 0 aliphatic carbocycles. The van der Waals surface area contributed by atoms with Crippen LogP contribution in [0.15, 0.2) is 164 Å². The molecule has 3 N–H and O–H groups in total. The lowest BCUT2D eigenvalue weighted by Crippen LogP contribution is -3.00. The van der Waals surface area contributed by atoms with E-state index in [1.165, 1.54) is 58.9 Å². The van der Waals surface area contributed by atoms with Gasteiger partial charge < -0.3 is 42.4 Å². The fourth-order valence-corrected chi connectivity index (χ4v) is 9.53. The van der Waals surface area contributed by atoms with Crippen LogP contribution in [0.1, 0.15) is 106 Å². The number of methoxy groups -OCH3 is 3. The summed E-state index contributed by atoms with van der Waals surface area (Å²) in [6, 6.07) is 40.9. The highest BCUT2D eigenvalue weighted by molar-refractivity contribution is 5.97. The van der Waals surface area contributed by atoms with Gasteiger partial charge in [0.2, 0.25) is 0 Å². The van der Waals surface area contributed by atoms with Crippen LogP contribution in [0.2, 0.25) is 0 Å². The summed E-state index contributed by atoms with van der Waals surface area (Å²) in [6.45, 7) is 9.82. The number of amides is 3. The number of halogens is 4. The Morgan fingerprint density at radius 2 is 0.826 bits per heavy atom. The second-order valence-electron chi connectivity index (χ2n) is 22.1. The van der Waals surface area contributed by atoms with Crippen molar-refractivity contribution in [2.75, 3.05) is 57.6 Å². The predicted molar refractivity (Wildman–Crippen MR) is 348 cm³/mol. The minimum Gasteiger partial charge on any atom is -1.00 e. The molecule has 0 saturated heterocycles.